The van der Waals surface area contributed by atoms with E-state index in [-0.39, 0.29) is 0 Å². The normalized spacial score (nSPS) is 12.8. The van der Waals surface area contributed by atoms with Gasteiger partial charge in [0.1, 0.15) is 0 Å². The Morgan fingerprint density at radius 2 is 1.05 bits per heavy atom. The number of para-hydroxylation sites is 1. The first kappa shape index (κ1) is 38.7. The maximum Gasteiger partial charge on any atom is 0.0541 e. The fourth-order valence-corrected chi connectivity index (χ4v) is 11.4. The van der Waals surface area contributed by atoms with Gasteiger partial charge in [-0.3, -0.25) is 0 Å². The Labute approximate surface area is 390 Å². The number of hydrogen-bond acceptors (Lipinski definition) is 2. The Hall–Kier alpha value is -6.99. The van der Waals surface area contributed by atoms with Gasteiger partial charge in [-0.2, -0.15) is 0 Å². The summed E-state index contributed by atoms with van der Waals surface area (Å²) in [5.74, 6) is 0. The van der Waals surface area contributed by atoms with Crippen molar-refractivity contribution in [3.05, 3.63) is 239 Å². The second-order valence-electron chi connectivity index (χ2n) is 16.6. The molecular weight excluding hydrogens is 908 g/mol. The summed E-state index contributed by atoms with van der Waals surface area (Å²) in [5, 5.41) is 5.21. The fourth-order valence-electron chi connectivity index (χ4n) is 9.68. The summed E-state index contributed by atoms with van der Waals surface area (Å²) in [6, 6.07) is 78.0. The minimum Gasteiger partial charge on any atom is -0.314 e. The molecule has 64 heavy (non-hydrogen) atoms. The third kappa shape index (κ3) is 6.94. The molecule has 0 amide bonds. The Kier molecular flexibility index (Phi) is 9.84. The number of benzene rings is 9. The molecule has 0 aliphatic heterocycles. The van der Waals surface area contributed by atoms with Gasteiger partial charge in [0.2, 0.25) is 0 Å². The van der Waals surface area contributed by atoms with E-state index in [0.29, 0.717) is 0 Å². The number of thiophene rings is 1. The van der Waals surface area contributed by atoms with Gasteiger partial charge < -0.3 is 9.47 Å². The molecule has 0 saturated heterocycles. The molecule has 12 rings (SSSR count). The smallest absolute Gasteiger partial charge is 0.0541 e. The minimum atomic E-state index is 0.940. The highest BCUT2D eigenvalue weighted by Crippen LogP contribution is 2.42. The summed E-state index contributed by atoms with van der Waals surface area (Å²) < 4.78 is 6.31. The molecule has 0 saturated carbocycles. The van der Waals surface area contributed by atoms with Gasteiger partial charge in [0.05, 0.1) is 11.0 Å². The number of aromatic nitrogens is 1. The van der Waals surface area contributed by atoms with Gasteiger partial charge in [-0.05, 0) is 159 Å². The van der Waals surface area contributed by atoms with Crippen molar-refractivity contribution >= 4 is 92.9 Å². The summed E-state index contributed by atoms with van der Waals surface area (Å²) in [6.45, 7) is 0. The van der Waals surface area contributed by atoms with E-state index in [0.717, 1.165) is 29.9 Å². The van der Waals surface area contributed by atoms with Gasteiger partial charge in [0.15, 0.2) is 0 Å². The van der Waals surface area contributed by atoms with Crippen LogP contribution in [0.15, 0.2) is 230 Å². The van der Waals surface area contributed by atoms with E-state index >= 15 is 0 Å². The van der Waals surface area contributed by atoms with Crippen LogP contribution in [0.25, 0.3) is 86.6 Å². The average Bonchev–Trinajstić information content (AvgIpc) is 3.91. The lowest BCUT2D eigenvalue weighted by atomic mass is 9.94. The van der Waals surface area contributed by atoms with Gasteiger partial charge >= 0.3 is 0 Å². The lowest BCUT2D eigenvalue weighted by Crippen LogP contribution is -2.17. The van der Waals surface area contributed by atoms with E-state index in [4.69, 9.17) is 0 Å². The number of nitrogens with zero attached hydrogens (tertiary/aromatic N) is 2. The molecule has 2 heterocycles. The van der Waals surface area contributed by atoms with Crippen molar-refractivity contribution < 1.29 is 0 Å². The molecule has 11 aromatic rings. The van der Waals surface area contributed by atoms with Gasteiger partial charge in [-0.25, -0.2) is 0 Å². The van der Waals surface area contributed by atoms with E-state index in [1.165, 1.54) is 95.8 Å². The molecule has 2 nitrogen and oxygen atoms in total. The van der Waals surface area contributed by atoms with Crippen LogP contribution in [0.2, 0.25) is 0 Å². The van der Waals surface area contributed by atoms with Crippen LogP contribution in [0.4, 0.5) is 11.4 Å². The van der Waals surface area contributed by atoms with Crippen LogP contribution in [-0.2, 0) is 0 Å². The Balaban J connectivity index is 0.894. The summed E-state index contributed by atoms with van der Waals surface area (Å²) >= 11 is 4.30. The molecule has 0 spiro atoms. The van der Waals surface area contributed by atoms with Crippen LogP contribution in [0.5, 0.6) is 0 Å². The van der Waals surface area contributed by atoms with Crippen LogP contribution < -0.4 is 4.90 Å². The maximum absolute atomic E-state index is 2.44. The molecule has 0 N–H and O–H groups in total. The molecule has 1 aliphatic carbocycles. The number of halogens is 1. The Morgan fingerprint density at radius 3 is 1.81 bits per heavy atom. The van der Waals surface area contributed by atoms with E-state index < -0.39 is 0 Å². The largest absolute Gasteiger partial charge is 0.314 e. The van der Waals surface area contributed by atoms with Crippen LogP contribution in [0, 0.1) is 3.57 Å². The Bertz CT molecular complexity index is 3610. The SMILES string of the molecule is Ic1ccc2c(c1)c1ccccc1n2-c1cccc(-c2ccc(N(C3=CC=C(c4ccccc4)CC3)c3ccc(-c4cccc(-c5cccc6c5sc5ccccc56)c4)cc3)cc2)c1. The number of allylic oxidation sites excluding steroid dienone is 4. The first-order chi connectivity index (χ1) is 31.6. The van der Waals surface area contributed by atoms with Crippen LogP contribution in [0.3, 0.4) is 0 Å². The average molecular weight is 949 g/mol. The molecule has 304 valence electrons. The molecule has 2 aromatic heterocycles. The third-order valence-electron chi connectivity index (χ3n) is 12.8. The van der Waals surface area contributed by atoms with Crippen molar-refractivity contribution in [2.45, 2.75) is 12.8 Å². The molecule has 0 fully saturated rings. The zero-order valence-electron chi connectivity index (χ0n) is 35.0. The Morgan fingerprint density at radius 1 is 0.422 bits per heavy atom. The number of fused-ring (bicyclic) bond motifs is 6. The molecule has 4 heteroatoms. The lowest BCUT2D eigenvalue weighted by Gasteiger charge is -2.30. The fraction of sp³-hybridized carbons (Fsp3) is 0.0333. The van der Waals surface area contributed by atoms with Crippen LogP contribution >= 0.6 is 33.9 Å². The molecule has 1 aliphatic rings. The van der Waals surface area contributed by atoms with Gasteiger partial charge in [0, 0.05) is 57.3 Å². The monoisotopic (exact) mass is 948 g/mol. The first-order valence-corrected chi connectivity index (χ1v) is 23.8. The first-order valence-electron chi connectivity index (χ1n) is 21.9. The van der Waals surface area contributed by atoms with Gasteiger partial charge in [-0.1, -0.05) is 146 Å². The predicted octanol–water partition coefficient (Wildman–Crippen LogP) is 17.7. The van der Waals surface area contributed by atoms with Crippen molar-refractivity contribution in [1.82, 2.24) is 4.57 Å². The predicted molar refractivity (Wildman–Crippen MR) is 283 cm³/mol. The highest BCUT2D eigenvalue weighted by molar-refractivity contribution is 14.1. The second-order valence-corrected chi connectivity index (χ2v) is 18.9. The summed E-state index contributed by atoms with van der Waals surface area (Å²) in [5.41, 5.74) is 17.1. The number of anilines is 2. The van der Waals surface area contributed by atoms with E-state index in [1.54, 1.807) is 0 Å². The molecule has 0 atom stereocenters. The van der Waals surface area contributed by atoms with Gasteiger partial charge in [0.25, 0.3) is 0 Å². The highest BCUT2D eigenvalue weighted by Gasteiger charge is 2.20. The highest BCUT2D eigenvalue weighted by atomic mass is 127. The zero-order chi connectivity index (χ0) is 42.6. The van der Waals surface area contributed by atoms with Crippen molar-refractivity contribution in [1.29, 1.82) is 0 Å². The maximum atomic E-state index is 2.44. The van der Waals surface area contributed by atoms with E-state index in [1.807, 2.05) is 11.3 Å². The standard InChI is InChI=1S/C60H41IN2S/c61-47-29-36-58-56(39-47)53-17-4-6-21-57(53)63(58)51-16-9-14-45(38-51)43-27-34-50(35-28-43)62(48-30-23-41(24-31-48)40-11-2-1-3-12-40)49-32-25-42(26-33-49)44-13-8-15-46(37-44)52-19-10-20-55-54-18-5-7-22-59(54)64-60(52)55/h1-23,25-30,32-39H,24,31H2. The quantitative estimate of drug-likeness (QED) is 0.138. The molecule has 0 bridgehead atoms. The van der Waals surface area contributed by atoms with Crippen LogP contribution in [-0.4, -0.2) is 4.57 Å². The molecule has 0 radical (unpaired) electrons. The van der Waals surface area contributed by atoms with Crippen molar-refractivity contribution in [3.63, 3.8) is 0 Å². The lowest BCUT2D eigenvalue weighted by molar-refractivity contribution is 0.930. The number of hydrogen-bond donors (Lipinski definition) is 0. The third-order valence-corrected chi connectivity index (χ3v) is 14.7. The minimum absolute atomic E-state index is 0.940. The molecule has 0 unspecified atom stereocenters. The van der Waals surface area contributed by atoms with Crippen molar-refractivity contribution in [3.8, 4) is 39.1 Å². The molecular formula is C60H41IN2S. The van der Waals surface area contributed by atoms with Crippen molar-refractivity contribution in [2.75, 3.05) is 4.90 Å². The van der Waals surface area contributed by atoms with Gasteiger partial charge in [-0.15, -0.1) is 11.3 Å². The zero-order valence-corrected chi connectivity index (χ0v) is 37.9. The molecule has 9 aromatic carbocycles. The van der Waals surface area contributed by atoms with Crippen LogP contribution in [0.1, 0.15) is 18.4 Å². The van der Waals surface area contributed by atoms with E-state index in [2.05, 4.69) is 257 Å². The summed E-state index contributed by atoms with van der Waals surface area (Å²) in [4.78, 5) is 2.44. The topological polar surface area (TPSA) is 8.17 Å². The second kappa shape index (κ2) is 16.3. The summed E-state index contributed by atoms with van der Waals surface area (Å²) in [7, 11) is 0. The summed E-state index contributed by atoms with van der Waals surface area (Å²) in [6.07, 6.45) is 6.56. The van der Waals surface area contributed by atoms with E-state index in [9.17, 15) is 0 Å². The number of rotatable bonds is 8. The van der Waals surface area contributed by atoms with Crippen molar-refractivity contribution in [2.24, 2.45) is 0 Å².